The fourth-order valence-electron chi connectivity index (χ4n) is 0.841. The van der Waals surface area contributed by atoms with E-state index in [1.54, 1.807) is 13.0 Å². The third kappa shape index (κ3) is 4.25. The largest absolute Gasteiger partial charge is 0.465 e. The smallest absolute Gasteiger partial charge is 0.319 e. The Hall–Kier alpha value is -1.16. The minimum absolute atomic E-state index is 0.0994. The molecule has 0 spiro atoms. The van der Waals surface area contributed by atoms with E-state index in [2.05, 4.69) is 6.58 Å². The van der Waals surface area contributed by atoms with Gasteiger partial charge < -0.3 is 9.47 Å². The van der Waals surface area contributed by atoms with Crippen LogP contribution in [0.4, 0.5) is 0 Å². The highest BCUT2D eigenvalue weighted by atomic mass is 16.5. The van der Waals surface area contributed by atoms with Gasteiger partial charge in [0.15, 0.2) is 5.78 Å². The molecule has 4 heteroatoms. The zero-order valence-corrected chi connectivity index (χ0v) is 9.54. The van der Waals surface area contributed by atoms with Crippen molar-refractivity contribution in [1.82, 2.24) is 0 Å². The summed E-state index contributed by atoms with van der Waals surface area (Å²) < 4.78 is 9.78. The van der Waals surface area contributed by atoms with Crippen molar-refractivity contribution >= 4 is 11.8 Å². The molecule has 0 radical (unpaired) electrons. The number of Topliss-reactive ketones (excluding diaryl/α,β-unsaturated/α-hetero) is 1. The second kappa shape index (κ2) is 6.35. The third-order valence-electron chi connectivity index (χ3n) is 1.95. The van der Waals surface area contributed by atoms with Crippen LogP contribution in [-0.2, 0) is 19.1 Å². The highest BCUT2D eigenvalue weighted by Gasteiger charge is 2.36. The van der Waals surface area contributed by atoms with Crippen LogP contribution in [-0.4, -0.2) is 31.6 Å². The van der Waals surface area contributed by atoms with Gasteiger partial charge in [0.1, 0.15) is 12.0 Å². The molecule has 0 rings (SSSR count). The Labute approximate surface area is 90.2 Å². The van der Waals surface area contributed by atoms with Crippen LogP contribution in [0.3, 0.4) is 0 Å². The Morgan fingerprint density at radius 2 is 2.00 bits per heavy atom. The molecule has 0 amide bonds. The monoisotopic (exact) mass is 214 g/mol. The van der Waals surface area contributed by atoms with Crippen molar-refractivity contribution in [2.24, 2.45) is 5.41 Å². The van der Waals surface area contributed by atoms with Crippen LogP contribution in [0.5, 0.6) is 0 Å². The molecule has 0 saturated carbocycles. The first-order chi connectivity index (χ1) is 6.96. The van der Waals surface area contributed by atoms with E-state index < -0.39 is 11.4 Å². The average molecular weight is 214 g/mol. The molecule has 0 aromatic rings. The summed E-state index contributed by atoms with van der Waals surface area (Å²) in [6, 6.07) is 0. The van der Waals surface area contributed by atoms with Gasteiger partial charge in [-0.2, -0.15) is 0 Å². The normalized spacial score (nSPS) is 10.9. The zero-order chi connectivity index (χ0) is 11.9. The summed E-state index contributed by atoms with van der Waals surface area (Å²) in [5.74, 6) is -0.806. The highest BCUT2D eigenvalue weighted by molar-refractivity contribution is 6.03. The molecule has 86 valence electrons. The summed E-state index contributed by atoms with van der Waals surface area (Å²) in [6.07, 6.45) is 1.55. The summed E-state index contributed by atoms with van der Waals surface area (Å²) in [6.45, 7) is 8.69. The molecule has 0 atom stereocenters. The molecule has 0 heterocycles. The van der Waals surface area contributed by atoms with Crippen LogP contribution in [0.1, 0.15) is 20.8 Å². The fourth-order valence-corrected chi connectivity index (χ4v) is 0.841. The molecule has 0 aliphatic heterocycles. The number of ether oxygens (including phenoxy) is 2. The quantitative estimate of drug-likeness (QED) is 0.278. The van der Waals surface area contributed by atoms with Gasteiger partial charge in [0.25, 0.3) is 0 Å². The number of rotatable bonds is 7. The second-order valence-electron chi connectivity index (χ2n) is 3.57. The maximum absolute atomic E-state index is 11.6. The van der Waals surface area contributed by atoms with Gasteiger partial charge in [-0.3, -0.25) is 9.59 Å². The van der Waals surface area contributed by atoms with E-state index in [0.717, 1.165) is 0 Å². The SMILES string of the molecule is C=CCOCC(=O)C(C)(C)C(=O)OCC. The number of carbonyl (C=O) groups is 2. The van der Waals surface area contributed by atoms with Crippen molar-refractivity contribution in [2.45, 2.75) is 20.8 Å². The van der Waals surface area contributed by atoms with Gasteiger partial charge in [0.2, 0.25) is 0 Å². The standard InChI is InChI=1S/C11H18O4/c1-5-7-14-8-9(12)11(3,4)10(13)15-6-2/h5H,1,6-8H2,2-4H3. The lowest BCUT2D eigenvalue weighted by molar-refractivity contribution is -0.159. The fraction of sp³-hybridized carbons (Fsp3) is 0.636. The predicted octanol–water partition coefficient (Wildman–Crippen LogP) is 1.35. The van der Waals surface area contributed by atoms with E-state index in [0.29, 0.717) is 6.61 Å². The van der Waals surface area contributed by atoms with Crippen molar-refractivity contribution in [2.75, 3.05) is 19.8 Å². The summed E-state index contributed by atoms with van der Waals surface area (Å²) in [4.78, 5) is 23.0. The molecular weight excluding hydrogens is 196 g/mol. The van der Waals surface area contributed by atoms with Gasteiger partial charge >= 0.3 is 5.97 Å². The van der Waals surface area contributed by atoms with Crippen molar-refractivity contribution in [1.29, 1.82) is 0 Å². The molecule has 0 aromatic carbocycles. The minimum Gasteiger partial charge on any atom is -0.465 e. The van der Waals surface area contributed by atoms with Crippen LogP contribution < -0.4 is 0 Å². The molecule has 15 heavy (non-hydrogen) atoms. The Morgan fingerprint density at radius 1 is 1.40 bits per heavy atom. The molecule has 0 unspecified atom stereocenters. The van der Waals surface area contributed by atoms with E-state index >= 15 is 0 Å². The van der Waals surface area contributed by atoms with Gasteiger partial charge in [-0.05, 0) is 20.8 Å². The summed E-state index contributed by atoms with van der Waals surface area (Å²) >= 11 is 0. The van der Waals surface area contributed by atoms with E-state index in [1.165, 1.54) is 13.8 Å². The summed E-state index contributed by atoms with van der Waals surface area (Å²) in [5.41, 5.74) is -1.14. The van der Waals surface area contributed by atoms with Crippen LogP contribution in [0.25, 0.3) is 0 Å². The molecule has 0 saturated heterocycles. The molecule has 4 nitrogen and oxygen atoms in total. The molecular formula is C11H18O4. The van der Waals surface area contributed by atoms with E-state index in [9.17, 15) is 9.59 Å². The van der Waals surface area contributed by atoms with Crippen molar-refractivity contribution in [3.05, 3.63) is 12.7 Å². The lowest BCUT2D eigenvalue weighted by Gasteiger charge is -2.20. The van der Waals surface area contributed by atoms with E-state index in [-0.39, 0.29) is 19.0 Å². The van der Waals surface area contributed by atoms with Gasteiger partial charge in [-0.1, -0.05) is 6.08 Å². The Kier molecular flexibility index (Phi) is 5.86. The van der Waals surface area contributed by atoms with Crippen molar-refractivity contribution in [3.8, 4) is 0 Å². The lowest BCUT2D eigenvalue weighted by atomic mass is 9.88. The minimum atomic E-state index is -1.14. The lowest BCUT2D eigenvalue weighted by Crippen LogP contribution is -2.37. The van der Waals surface area contributed by atoms with Crippen LogP contribution in [0.15, 0.2) is 12.7 Å². The van der Waals surface area contributed by atoms with Crippen molar-refractivity contribution < 1.29 is 19.1 Å². The molecule has 0 N–H and O–H groups in total. The Bertz CT molecular complexity index is 243. The Morgan fingerprint density at radius 3 is 2.47 bits per heavy atom. The van der Waals surface area contributed by atoms with Gasteiger partial charge in [0, 0.05) is 0 Å². The van der Waals surface area contributed by atoms with E-state index in [1.807, 2.05) is 0 Å². The first-order valence-electron chi connectivity index (χ1n) is 4.86. The molecule has 0 aliphatic rings. The van der Waals surface area contributed by atoms with Crippen LogP contribution >= 0.6 is 0 Å². The van der Waals surface area contributed by atoms with Gasteiger partial charge in [0.05, 0.1) is 13.2 Å². The van der Waals surface area contributed by atoms with Crippen molar-refractivity contribution in [3.63, 3.8) is 0 Å². The molecule has 0 fully saturated rings. The number of hydrogen-bond acceptors (Lipinski definition) is 4. The van der Waals surface area contributed by atoms with Gasteiger partial charge in [-0.25, -0.2) is 0 Å². The molecule has 0 aromatic heterocycles. The maximum atomic E-state index is 11.6. The number of hydrogen-bond donors (Lipinski definition) is 0. The predicted molar refractivity (Wildman–Crippen MR) is 56.4 cm³/mol. The average Bonchev–Trinajstić information content (AvgIpc) is 2.18. The number of ketones is 1. The van der Waals surface area contributed by atoms with E-state index in [4.69, 9.17) is 9.47 Å². The van der Waals surface area contributed by atoms with Crippen LogP contribution in [0.2, 0.25) is 0 Å². The highest BCUT2D eigenvalue weighted by Crippen LogP contribution is 2.18. The maximum Gasteiger partial charge on any atom is 0.319 e. The molecule has 0 bridgehead atoms. The van der Waals surface area contributed by atoms with Gasteiger partial charge in [-0.15, -0.1) is 6.58 Å². The summed E-state index contributed by atoms with van der Waals surface area (Å²) in [7, 11) is 0. The second-order valence-corrected chi connectivity index (χ2v) is 3.57. The Balaban J connectivity index is 4.24. The first kappa shape index (κ1) is 13.8. The molecule has 0 aliphatic carbocycles. The summed E-state index contributed by atoms with van der Waals surface area (Å²) in [5, 5.41) is 0. The van der Waals surface area contributed by atoms with Crippen LogP contribution in [0, 0.1) is 5.41 Å². The number of carbonyl (C=O) groups excluding carboxylic acids is 2. The third-order valence-corrected chi connectivity index (χ3v) is 1.95. The first-order valence-corrected chi connectivity index (χ1v) is 4.86. The number of esters is 1. The topological polar surface area (TPSA) is 52.6 Å². The zero-order valence-electron chi connectivity index (χ0n) is 9.54.